The van der Waals surface area contributed by atoms with Gasteiger partial charge in [0.1, 0.15) is 10.8 Å². The number of aromatic hydroxyl groups is 1. The van der Waals surface area contributed by atoms with Gasteiger partial charge < -0.3 is 5.11 Å². The van der Waals surface area contributed by atoms with Gasteiger partial charge in [0.2, 0.25) is 5.13 Å². The van der Waals surface area contributed by atoms with Crippen molar-refractivity contribution in [2.75, 3.05) is 0 Å². The molecule has 0 atom stereocenters. The smallest absolute Gasteiger partial charge is 0.231 e. The van der Waals surface area contributed by atoms with Crippen LogP contribution in [-0.4, -0.2) is 21.5 Å². The molecule has 0 fully saturated rings. The predicted molar refractivity (Wildman–Crippen MR) is 94.7 cm³/mol. The fraction of sp³-hybridized carbons (Fsp3) is 0.167. The minimum atomic E-state index is 0.242. The average Bonchev–Trinajstić information content (AvgIpc) is 3.04. The molecule has 3 aromatic rings. The van der Waals surface area contributed by atoms with Crippen LogP contribution in [0.4, 0.5) is 5.13 Å². The molecule has 0 amide bonds. The van der Waals surface area contributed by atoms with Crippen molar-refractivity contribution in [3.63, 3.8) is 0 Å². The number of benzene rings is 2. The molecule has 116 valence electrons. The Kier molecular flexibility index (Phi) is 4.78. The maximum atomic E-state index is 9.26. The second kappa shape index (κ2) is 7.15. The van der Waals surface area contributed by atoms with Gasteiger partial charge in [-0.3, -0.25) is 0 Å². The standard InChI is InChI=1S/C18H17N3OS/c1-2-3-13-4-8-15(9-5-13)17-20-21-18(23-17)19-12-14-6-10-16(22)11-7-14/h4-12,22H,2-3H2,1H3. The number of aliphatic imine (C=N–C) groups is 1. The highest BCUT2D eigenvalue weighted by atomic mass is 32.1. The number of nitrogens with zero attached hydrogens (tertiary/aromatic N) is 3. The van der Waals surface area contributed by atoms with E-state index < -0.39 is 0 Å². The maximum absolute atomic E-state index is 9.26. The van der Waals surface area contributed by atoms with E-state index in [1.165, 1.54) is 16.9 Å². The molecule has 0 saturated carbocycles. The van der Waals surface area contributed by atoms with E-state index in [1.54, 1.807) is 30.5 Å². The summed E-state index contributed by atoms with van der Waals surface area (Å²) in [5.41, 5.74) is 3.31. The summed E-state index contributed by atoms with van der Waals surface area (Å²) in [6, 6.07) is 15.3. The molecule has 4 nitrogen and oxygen atoms in total. The summed E-state index contributed by atoms with van der Waals surface area (Å²) >= 11 is 1.46. The Hall–Kier alpha value is -2.53. The lowest BCUT2D eigenvalue weighted by atomic mass is 10.1. The molecule has 1 aromatic heterocycles. The molecule has 0 saturated heterocycles. The highest BCUT2D eigenvalue weighted by molar-refractivity contribution is 7.18. The zero-order chi connectivity index (χ0) is 16.1. The number of hydrogen-bond acceptors (Lipinski definition) is 5. The van der Waals surface area contributed by atoms with Crippen LogP contribution in [0.25, 0.3) is 10.6 Å². The van der Waals surface area contributed by atoms with Gasteiger partial charge in [-0.2, -0.15) is 0 Å². The first kappa shape index (κ1) is 15.4. The van der Waals surface area contributed by atoms with Crippen molar-refractivity contribution in [3.8, 4) is 16.3 Å². The van der Waals surface area contributed by atoms with E-state index in [4.69, 9.17) is 0 Å². The van der Waals surface area contributed by atoms with Gasteiger partial charge in [0.15, 0.2) is 0 Å². The van der Waals surface area contributed by atoms with Gasteiger partial charge in [-0.15, -0.1) is 10.2 Å². The summed E-state index contributed by atoms with van der Waals surface area (Å²) < 4.78 is 0. The molecule has 3 rings (SSSR count). The van der Waals surface area contributed by atoms with E-state index in [-0.39, 0.29) is 5.75 Å². The fourth-order valence-corrected chi connectivity index (χ4v) is 2.87. The van der Waals surface area contributed by atoms with E-state index in [9.17, 15) is 5.11 Å². The Morgan fingerprint density at radius 1 is 1.04 bits per heavy atom. The molecule has 2 aromatic carbocycles. The SMILES string of the molecule is CCCc1ccc(-c2nnc(N=Cc3ccc(O)cc3)s2)cc1. The number of phenols is 1. The van der Waals surface area contributed by atoms with Crippen LogP contribution in [0.3, 0.4) is 0 Å². The number of aromatic nitrogens is 2. The summed E-state index contributed by atoms with van der Waals surface area (Å²) in [5, 5.41) is 19.1. The maximum Gasteiger partial charge on any atom is 0.231 e. The highest BCUT2D eigenvalue weighted by Crippen LogP contribution is 2.28. The number of aryl methyl sites for hydroxylation is 1. The lowest BCUT2D eigenvalue weighted by molar-refractivity contribution is 0.475. The van der Waals surface area contributed by atoms with Crippen molar-refractivity contribution in [1.29, 1.82) is 0 Å². The van der Waals surface area contributed by atoms with Crippen molar-refractivity contribution >= 4 is 22.7 Å². The quantitative estimate of drug-likeness (QED) is 0.697. The van der Waals surface area contributed by atoms with Gasteiger partial charge in [-0.05, 0) is 41.8 Å². The molecule has 5 heteroatoms. The fourth-order valence-electron chi connectivity index (χ4n) is 2.18. The Labute approximate surface area is 139 Å². The molecule has 0 aliphatic heterocycles. The molecule has 1 N–H and O–H groups in total. The van der Waals surface area contributed by atoms with Gasteiger partial charge in [-0.25, -0.2) is 4.99 Å². The second-order valence-electron chi connectivity index (χ2n) is 5.19. The van der Waals surface area contributed by atoms with Crippen LogP contribution < -0.4 is 0 Å². The summed E-state index contributed by atoms with van der Waals surface area (Å²) in [4.78, 5) is 4.34. The molecular weight excluding hydrogens is 306 g/mol. The molecule has 0 bridgehead atoms. The zero-order valence-electron chi connectivity index (χ0n) is 12.8. The normalized spacial score (nSPS) is 11.2. The predicted octanol–water partition coefficient (Wildman–Crippen LogP) is 4.61. The van der Waals surface area contributed by atoms with Gasteiger partial charge in [0.25, 0.3) is 0 Å². The minimum absolute atomic E-state index is 0.242. The summed E-state index contributed by atoms with van der Waals surface area (Å²) in [7, 11) is 0. The topological polar surface area (TPSA) is 58.4 Å². The van der Waals surface area contributed by atoms with E-state index in [0.29, 0.717) is 5.13 Å². The number of rotatable bonds is 5. The number of phenolic OH excluding ortho intramolecular Hbond substituents is 1. The molecule has 23 heavy (non-hydrogen) atoms. The minimum Gasteiger partial charge on any atom is -0.508 e. The molecule has 0 aliphatic rings. The molecule has 0 spiro atoms. The van der Waals surface area contributed by atoms with Crippen molar-refractivity contribution < 1.29 is 5.11 Å². The third-order valence-corrected chi connectivity index (χ3v) is 4.25. The van der Waals surface area contributed by atoms with Crippen LogP contribution in [-0.2, 0) is 6.42 Å². The average molecular weight is 323 g/mol. The van der Waals surface area contributed by atoms with Crippen molar-refractivity contribution in [1.82, 2.24) is 10.2 Å². The largest absolute Gasteiger partial charge is 0.508 e. The lowest BCUT2D eigenvalue weighted by Gasteiger charge is -1.99. The van der Waals surface area contributed by atoms with Crippen LogP contribution >= 0.6 is 11.3 Å². The molecular formula is C18H17N3OS. The van der Waals surface area contributed by atoms with Gasteiger partial charge in [-0.1, -0.05) is 48.9 Å². The van der Waals surface area contributed by atoms with Crippen LogP contribution in [0.1, 0.15) is 24.5 Å². The Bertz CT molecular complexity index is 792. The van der Waals surface area contributed by atoms with E-state index in [1.807, 2.05) is 0 Å². The van der Waals surface area contributed by atoms with Crippen LogP contribution in [0.15, 0.2) is 53.5 Å². The number of hydrogen-bond donors (Lipinski definition) is 1. The first-order valence-electron chi connectivity index (χ1n) is 7.50. The van der Waals surface area contributed by atoms with Gasteiger partial charge in [0, 0.05) is 11.8 Å². The van der Waals surface area contributed by atoms with Crippen LogP contribution in [0, 0.1) is 0 Å². The summed E-state index contributed by atoms with van der Waals surface area (Å²) in [5.74, 6) is 0.242. The first-order chi connectivity index (χ1) is 11.2. The Balaban J connectivity index is 1.73. The molecule has 0 unspecified atom stereocenters. The first-order valence-corrected chi connectivity index (χ1v) is 8.32. The lowest BCUT2D eigenvalue weighted by Crippen LogP contribution is -1.83. The third kappa shape index (κ3) is 4.02. The second-order valence-corrected chi connectivity index (χ2v) is 6.14. The van der Waals surface area contributed by atoms with Crippen LogP contribution in [0.2, 0.25) is 0 Å². The van der Waals surface area contributed by atoms with Crippen molar-refractivity contribution in [3.05, 3.63) is 59.7 Å². The van der Waals surface area contributed by atoms with E-state index in [2.05, 4.69) is 46.4 Å². The Morgan fingerprint density at radius 3 is 2.48 bits per heavy atom. The summed E-state index contributed by atoms with van der Waals surface area (Å²) in [6.07, 6.45) is 3.96. The Morgan fingerprint density at radius 2 is 1.78 bits per heavy atom. The highest BCUT2D eigenvalue weighted by Gasteiger charge is 2.05. The zero-order valence-corrected chi connectivity index (χ0v) is 13.6. The molecule has 0 aliphatic carbocycles. The van der Waals surface area contributed by atoms with Crippen molar-refractivity contribution in [2.45, 2.75) is 19.8 Å². The van der Waals surface area contributed by atoms with Gasteiger partial charge >= 0.3 is 0 Å². The molecule has 0 radical (unpaired) electrons. The van der Waals surface area contributed by atoms with Gasteiger partial charge in [0.05, 0.1) is 0 Å². The monoisotopic (exact) mass is 323 g/mol. The third-order valence-electron chi connectivity index (χ3n) is 3.37. The van der Waals surface area contributed by atoms with Crippen LogP contribution in [0.5, 0.6) is 5.75 Å². The van der Waals surface area contributed by atoms with E-state index >= 15 is 0 Å². The van der Waals surface area contributed by atoms with E-state index in [0.717, 1.165) is 29.0 Å². The van der Waals surface area contributed by atoms with Crippen molar-refractivity contribution in [2.24, 2.45) is 4.99 Å². The summed E-state index contributed by atoms with van der Waals surface area (Å²) in [6.45, 7) is 2.18. The molecule has 1 heterocycles.